The van der Waals surface area contributed by atoms with Gasteiger partial charge in [0, 0.05) is 12.3 Å². The zero-order valence-corrected chi connectivity index (χ0v) is 12.1. The van der Waals surface area contributed by atoms with Gasteiger partial charge in [-0.05, 0) is 18.2 Å². The topological polar surface area (TPSA) is 85.1 Å². The highest BCUT2D eigenvalue weighted by atomic mass is 35.5. The van der Waals surface area contributed by atoms with E-state index in [-0.39, 0.29) is 26.4 Å². The number of anilines is 2. The summed E-state index contributed by atoms with van der Waals surface area (Å²) in [5.74, 6) is -0.757. The van der Waals surface area contributed by atoms with E-state index in [4.69, 9.17) is 28.9 Å². The average Bonchev–Trinajstić information content (AvgIpc) is 2.35. The number of nitrogens with one attached hydrogen (secondary N) is 1. The highest BCUT2D eigenvalue weighted by Crippen LogP contribution is 2.28. The molecule has 0 unspecified atom stereocenters. The van der Waals surface area contributed by atoms with Crippen molar-refractivity contribution in [1.29, 1.82) is 0 Å². The molecule has 0 saturated carbocycles. The van der Waals surface area contributed by atoms with Crippen molar-refractivity contribution in [3.63, 3.8) is 0 Å². The monoisotopic (exact) mass is 335 g/mol. The van der Waals surface area contributed by atoms with Crippen LogP contribution < -0.4 is 10.5 Å². The predicted octanol–water partition coefficient (Wildman–Crippen LogP) is 2.91. The Kier molecular flexibility index (Phi) is 4.03. The number of hydrogen-bond acceptors (Lipinski definition) is 4. The molecular formula is C11H8Cl2FN3O2S. The molecule has 1 heterocycles. The third-order valence-corrected chi connectivity index (χ3v) is 4.23. The summed E-state index contributed by atoms with van der Waals surface area (Å²) >= 11 is 11.2. The number of aromatic nitrogens is 1. The highest BCUT2D eigenvalue weighted by molar-refractivity contribution is 7.92. The van der Waals surface area contributed by atoms with Crippen molar-refractivity contribution in [2.45, 2.75) is 4.90 Å². The van der Waals surface area contributed by atoms with Crippen LogP contribution >= 0.6 is 23.2 Å². The first-order valence-electron chi connectivity index (χ1n) is 5.18. The number of benzene rings is 1. The van der Waals surface area contributed by atoms with Crippen molar-refractivity contribution in [1.82, 2.24) is 4.98 Å². The van der Waals surface area contributed by atoms with Gasteiger partial charge in [-0.1, -0.05) is 23.2 Å². The zero-order valence-electron chi connectivity index (χ0n) is 9.77. The highest BCUT2D eigenvalue weighted by Gasteiger charge is 2.16. The normalized spacial score (nSPS) is 11.3. The smallest absolute Gasteiger partial charge is 0.262 e. The molecule has 0 bridgehead atoms. The molecule has 0 fully saturated rings. The fraction of sp³-hybridized carbons (Fsp3) is 0. The predicted molar refractivity (Wildman–Crippen MR) is 75.9 cm³/mol. The molecule has 0 radical (unpaired) electrons. The summed E-state index contributed by atoms with van der Waals surface area (Å²) in [5.41, 5.74) is 5.46. The molecule has 0 saturated heterocycles. The Bertz CT molecular complexity index is 745. The molecule has 20 heavy (non-hydrogen) atoms. The average molecular weight is 336 g/mol. The molecule has 3 N–H and O–H groups in total. The number of sulfonamides is 1. The number of nitrogens with two attached hydrogens (primary N) is 1. The van der Waals surface area contributed by atoms with Crippen molar-refractivity contribution in [2.24, 2.45) is 0 Å². The summed E-state index contributed by atoms with van der Waals surface area (Å²) < 4.78 is 39.7. The largest absolute Gasteiger partial charge is 0.384 e. The van der Waals surface area contributed by atoms with Crippen molar-refractivity contribution < 1.29 is 12.8 Å². The van der Waals surface area contributed by atoms with Crippen molar-refractivity contribution in [3.8, 4) is 0 Å². The van der Waals surface area contributed by atoms with Gasteiger partial charge in [-0.3, -0.25) is 4.72 Å². The Hall–Kier alpha value is -1.57. The van der Waals surface area contributed by atoms with Gasteiger partial charge in [0.1, 0.15) is 5.82 Å². The second kappa shape index (κ2) is 5.43. The number of rotatable bonds is 3. The quantitative estimate of drug-likeness (QED) is 0.844. The van der Waals surface area contributed by atoms with Gasteiger partial charge in [-0.2, -0.15) is 0 Å². The van der Waals surface area contributed by atoms with Gasteiger partial charge >= 0.3 is 0 Å². The van der Waals surface area contributed by atoms with Gasteiger partial charge in [0.2, 0.25) is 0 Å². The Labute approximate surface area is 124 Å². The molecule has 1 aromatic heterocycles. The van der Waals surface area contributed by atoms with E-state index in [1.807, 2.05) is 0 Å². The van der Waals surface area contributed by atoms with Crippen LogP contribution in [0, 0.1) is 5.82 Å². The van der Waals surface area contributed by atoms with E-state index < -0.39 is 15.8 Å². The summed E-state index contributed by atoms with van der Waals surface area (Å²) in [6.07, 6.45) is 1.26. The fourth-order valence-corrected chi connectivity index (χ4v) is 2.97. The van der Waals surface area contributed by atoms with Crippen LogP contribution in [-0.2, 0) is 10.0 Å². The minimum atomic E-state index is -3.89. The lowest BCUT2D eigenvalue weighted by Crippen LogP contribution is -2.13. The second-order valence-electron chi connectivity index (χ2n) is 3.78. The number of hydrogen-bond donors (Lipinski definition) is 2. The molecule has 0 amide bonds. The van der Waals surface area contributed by atoms with Crippen LogP contribution in [0.2, 0.25) is 10.0 Å². The molecule has 106 valence electrons. The molecule has 2 rings (SSSR count). The zero-order chi connectivity index (χ0) is 14.9. The van der Waals surface area contributed by atoms with Gasteiger partial charge in [0.05, 0.1) is 20.6 Å². The minimum absolute atomic E-state index is 0.0387. The SMILES string of the molecule is Nc1cc(S(=O)(=O)Nc2cc(Cl)c(F)c(Cl)c2)ccn1. The van der Waals surface area contributed by atoms with Gasteiger partial charge < -0.3 is 5.73 Å². The van der Waals surface area contributed by atoms with Crippen LogP contribution in [-0.4, -0.2) is 13.4 Å². The standard InChI is InChI=1S/C11H8Cl2FN3O2S/c12-8-3-6(4-9(13)11(8)14)17-20(18,19)7-1-2-16-10(15)5-7/h1-5,17H,(H2,15,16). The minimum Gasteiger partial charge on any atom is -0.384 e. The first-order valence-corrected chi connectivity index (χ1v) is 7.42. The van der Waals surface area contributed by atoms with Gasteiger partial charge in [-0.15, -0.1) is 0 Å². The van der Waals surface area contributed by atoms with Gasteiger partial charge in [-0.25, -0.2) is 17.8 Å². The Morgan fingerprint density at radius 2 is 1.80 bits per heavy atom. The molecule has 0 aliphatic heterocycles. The number of nitrogens with zero attached hydrogens (tertiary/aromatic N) is 1. The summed E-state index contributed by atoms with van der Waals surface area (Å²) in [6.45, 7) is 0. The van der Waals surface area contributed by atoms with E-state index in [1.165, 1.54) is 18.3 Å². The van der Waals surface area contributed by atoms with E-state index in [2.05, 4.69) is 9.71 Å². The molecule has 2 aromatic rings. The Morgan fingerprint density at radius 1 is 1.20 bits per heavy atom. The summed E-state index contributed by atoms with van der Waals surface area (Å²) in [6, 6.07) is 4.69. The van der Waals surface area contributed by atoms with E-state index in [0.717, 1.165) is 12.1 Å². The maximum absolute atomic E-state index is 13.3. The van der Waals surface area contributed by atoms with Gasteiger partial charge in [0.15, 0.2) is 5.82 Å². The molecule has 1 aromatic carbocycles. The number of nitrogen functional groups attached to an aromatic ring is 1. The van der Waals surface area contributed by atoms with Crippen LogP contribution in [0.25, 0.3) is 0 Å². The van der Waals surface area contributed by atoms with Crippen molar-refractivity contribution in [3.05, 3.63) is 46.3 Å². The third kappa shape index (κ3) is 3.12. The number of halogens is 3. The van der Waals surface area contributed by atoms with Crippen LogP contribution in [0.3, 0.4) is 0 Å². The lowest BCUT2D eigenvalue weighted by molar-refractivity contribution is 0.601. The third-order valence-electron chi connectivity index (χ3n) is 2.30. The lowest BCUT2D eigenvalue weighted by atomic mass is 10.3. The van der Waals surface area contributed by atoms with Crippen LogP contribution in [0.4, 0.5) is 15.9 Å². The van der Waals surface area contributed by atoms with Crippen LogP contribution in [0.15, 0.2) is 35.4 Å². The molecule has 0 spiro atoms. The molecule has 0 aliphatic carbocycles. The van der Waals surface area contributed by atoms with E-state index in [9.17, 15) is 12.8 Å². The van der Waals surface area contributed by atoms with Crippen LogP contribution in [0.1, 0.15) is 0 Å². The Balaban J connectivity index is 2.38. The molecule has 0 aliphatic rings. The maximum Gasteiger partial charge on any atom is 0.262 e. The molecule has 5 nitrogen and oxygen atoms in total. The molecule has 9 heteroatoms. The van der Waals surface area contributed by atoms with Gasteiger partial charge in [0.25, 0.3) is 10.0 Å². The second-order valence-corrected chi connectivity index (χ2v) is 6.27. The summed E-state index contributed by atoms with van der Waals surface area (Å²) in [7, 11) is -3.89. The van der Waals surface area contributed by atoms with E-state index in [1.54, 1.807) is 0 Å². The summed E-state index contributed by atoms with van der Waals surface area (Å²) in [5, 5.41) is -0.575. The van der Waals surface area contributed by atoms with Crippen molar-refractivity contribution in [2.75, 3.05) is 10.5 Å². The maximum atomic E-state index is 13.3. The Morgan fingerprint density at radius 3 is 2.35 bits per heavy atom. The van der Waals surface area contributed by atoms with E-state index in [0.29, 0.717) is 0 Å². The first kappa shape index (κ1) is 14.8. The first-order chi connectivity index (χ1) is 9.29. The summed E-state index contributed by atoms with van der Waals surface area (Å²) in [4.78, 5) is 3.61. The fourth-order valence-electron chi connectivity index (χ4n) is 1.42. The van der Waals surface area contributed by atoms with Crippen LogP contribution in [0.5, 0.6) is 0 Å². The van der Waals surface area contributed by atoms with Crippen molar-refractivity contribution >= 4 is 44.7 Å². The van der Waals surface area contributed by atoms with E-state index >= 15 is 0 Å². The molecular weight excluding hydrogens is 328 g/mol. The lowest BCUT2D eigenvalue weighted by Gasteiger charge is -2.09. The number of pyridine rings is 1. The molecule has 0 atom stereocenters.